The first kappa shape index (κ1) is 6.87. The van der Waals surface area contributed by atoms with E-state index in [1.165, 1.54) is 25.7 Å². The van der Waals surface area contributed by atoms with Gasteiger partial charge in [0.1, 0.15) is 0 Å². The second-order valence-electron chi connectivity index (χ2n) is 6.37. The first-order chi connectivity index (χ1) is 6.86. The molecule has 0 aliphatic heterocycles. The van der Waals surface area contributed by atoms with E-state index in [1.807, 2.05) is 0 Å². The molecule has 3 fully saturated rings. The highest BCUT2D eigenvalue weighted by molar-refractivity contribution is 5.38. The number of allylic oxidation sites excluding steroid dienone is 4. The topological polar surface area (TPSA) is 0 Å². The monoisotopic (exact) mass is 184 g/mol. The van der Waals surface area contributed by atoms with Crippen molar-refractivity contribution in [2.75, 3.05) is 0 Å². The van der Waals surface area contributed by atoms with Crippen LogP contribution in [0.3, 0.4) is 0 Å². The van der Waals surface area contributed by atoms with Crippen LogP contribution in [0.15, 0.2) is 24.3 Å². The summed E-state index contributed by atoms with van der Waals surface area (Å²) in [6, 6.07) is 0. The molecule has 0 N–H and O–H groups in total. The molecule has 0 aromatic carbocycles. The van der Waals surface area contributed by atoms with Gasteiger partial charge in [-0.1, -0.05) is 24.3 Å². The van der Waals surface area contributed by atoms with Crippen LogP contribution in [-0.4, -0.2) is 0 Å². The van der Waals surface area contributed by atoms with Gasteiger partial charge in [-0.3, -0.25) is 0 Å². The van der Waals surface area contributed by atoms with Gasteiger partial charge in [-0.15, -0.1) is 0 Å². The van der Waals surface area contributed by atoms with Gasteiger partial charge in [0.25, 0.3) is 0 Å². The average Bonchev–Trinajstić information content (AvgIpc) is 3.02. The van der Waals surface area contributed by atoms with Crippen molar-refractivity contribution in [1.82, 2.24) is 0 Å². The van der Waals surface area contributed by atoms with Gasteiger partial charge < -0.3 is 0 Å². The van der Waals surface area contributed by atoms with E-state index in [0.717, 1.165) is 29.1 Å². The molecule has 0 saturated heterocycles. The van der Waals surface area contributed by atoms with Crippen LogP contribution in [0.4, 0.5) is 0 Å². The van der Waals surface area contributed by atoms with E-state index in [9.17, 15) is 0 Å². The summed E-state index contributed by atoms with van der Waals surface area (Å²) in [6.45, 7) is 0. The highest BCUT2D eigenvalue weighted by Crippen LogP contribution is 2.79. The maximum absolute atomic E-state index is 2.59. The fourth-order valence-corrected chi connectivity index (χ4v) is 5.15. The van der Waals surface area contributed by atoms with Gasteiger partial charge in [0.2, 0.25) is 0 Å². The normalized spacial score (nSPS) is 56.0. The van der Waals surface area contributed by atoms with Gasteiger partial charge in [0.05, 0.1) is 0 Å². The molecule has 2 bridgehead atoms. The Morgan fingerprint density at radius 3 is 2.36 bits per heavy atom. The van der Waals surface area contributed by atoms with Crippen LogP contribution in [0.25, 0.3) is 0 Å². The minimum atomic E-state index is 0.713. The van der Waals surface area contributed by atoms with Gasteiger partial charge >= 0.3 is 0 Å². The highest BCUT2D eigenvalue weighted by atomic mass is 14.8. The third-order valence-electron chi connectivity index (χ3n) is 6.04. The van der Waals surface area contributed by atoms with Gasteiger partial charge in [-0.25, -0.2) is 0 Å². The summed E-state index contributed by atoms with van der Waals surface area (Å²) in [5, 5.41) is 0. The second-order valence-corrected chi connectivity index (χ2v) is 6.37. The number of hydrogen-bond donors (Lipinski definition) is 0. The van der Waals surface area contributed by atoms with Crippen molar-refractivity contribution >= 4 is 0 Å². The average molecular weight is 184 g/mol. The molecule has 0 aromatic rings. The molecule has 0 unspecified atom stereocenters. The lowest BCUT2D eigenvalue weighted by molar-refractivity contribution is 0.277. The van der Waals surface area contributed by atoms with Crippen molar-refractivity contribution in [1.29, 1.82) is 0 Å². The number of rotatable bonds is 0. The lowest BCUT2D eigenvalue weighted by Crippen LogP contribution is -2.21. The zero-order valence-electron chi connectivity index (χ0n) is 8.45. The van der Waals surface area contributed by atoms with E-state index >= 15 is 0 Å². The molecular weight excluding hydrogens is 168 g/mol. The minimum absolute atomic E-state index is 0.713. The van der Waals surface area contributed by atoms with E-state index in [2.05, 4.69) is 24.3 Å². The highest BCUT2D eigenvalue weighted by Gasteiger charge is 2.72. The van der Waals surface area contributed by atoms with Gasteiger partial charge in [-0.05, 0) is 60.2 Å². The van der Waals surface area contributed by atoms with Crippen LogP contribution in [0.5, 0.6) is 0 Å². The van der Waals surface area contributed by atoms with E-state index in [0.29, 0.717) is 5.41 Å². The summed E-state index contributed by atoms with van der Waals surface area (Å²) in [6.07, 6.45) is 16.4. The SMILES string of the molecule is C1=CC2(CC2)[C@@H]2[C@@H]1[C@H]1C=C[C@H]2C12CC2. The molecule has 0 heteroatoms. The van der Waals surface area contributed by atoms with Crippen LogP contribution in [0.1, 0.15) is 25.7 Å². The van der Waals surface area contributed by atoms with Crippen LogP contribution >= 0.6 is 0 Å². The standard InChI is InChI=1S/C14H16/c1-2-11-12-9(3-4-13(12)5-6-13)10(1)14(11)7-8-14/h1-4,9-12H,5-8H2/t9-,10+,11+,12+/m0/s1. The van der Waals surface area contributed by atoms with Crippen molar-refractivity contribution in [2.24, 2.45) is 34.5 Å². The van der Waals surface area contributed by atoms with E-state index in [1.54, 1.807) is 0 Å². The summed E-state index contributed by atoms with van der Waals surface area (Å²) < 4.78 is 0. The predicted molar refractivity (Wildman–Crippen MR) is 55.6 cm³/mol. The molecule has 72 valence electrons. The predicted octanol–water partition coefficient (Wildman–Crippen LogP) is 3.16. The quantitative estimate of drug-likeness (QED) is 0.507. The minimum Gasteiger partial charge on any atom is -0.0842 e. The smallest absolute Gasteiger partial charge is 0.00776 e. The Morgan fingerprint density at radius 2 is 1.64 bits per heavy atom. The van der Waals surface area contributed by atoms with Crippen molar-refractivity contribution in [2.45, 2.75) is 25.7 Å². The van der Waals surface area contributed by atoms with Gasteiger partial charge in [-0.2, -0.15) is 0 Å². The molecule has 5 rings (SSSR count). The van der Waals surface area contributed by atoms with Crippen molar-refractivity contribution < 1.29 is 0 Å². The molecule has 5 aliphatic carbocycles. The maximum atomic E-state index is 2.59. The Morgan fingerprint density at radius 1 is 0.857 bits per heavy atom. The molecule has 0 amide bonds. The molecule has 0 aromatic heterocycles. The Kier molecular flexibility index (Phi) is 0.815. The van der Waals surface area contributed by atoms with E-state index in [-0.39, 0.29) is 0 Å². The Hall–Kier alpha value is -0.520. The van der Waals surface area contributed by atoms with E-state index < -0.39 is 0 Å². The summed E-state index contributed by atoms with van der Waals surface area (Å²) in [5.41, 5.74) is 1.51. The fourth-order valence-electron chi connectivity index (χ4n) is 5.15. The first-order valence-electron chi connectivity index (χ1n) is 6.24. The van der Waals surface area contributed by atoms with Crippen LogP contribution in [0.2, 0.25) is 0 Å². The number of fused-ring (bicyclic) bond motifs is 4. The summed E-state index contributed by atoms with van der Waals surface area (Å²) >= 11 is 0. The number of hydrogen-bond acceptors (Lipinski definition) is 0. The van der Waals surface area contributed by atoms with Crippen molar-refractivity contribution in [3.8, 4) is 0 Å². The lowest BCUT2D eigenvalue weighted by Gasteiger charge is -2.26. The molecule has 5 aliphatic rings. The van der Waals surface area contributed by atoms with Crippen molar-refractivity contribution in [3.63, 3.8) is 0 Å². The van der Waals surface area contributed by atoms with Gasteiger partial charge in [0, 0.05) is 0 Å². The van der Waals surface area contributed by atoms with Crippen LogP contribution < -0.4 is 0 Å². The third-order valence-corrected chi connectivity index (χ3v) is 6.04. The molecule has 0 heterocycles. The second kappa shape index (κ2) is 1.66. The Labute approximate surface area is 85.1 Å². The zero-order valence-corrected chi connectivity index (χ0v) is 8.45. The van der Waals surface area contributed by atoms with Crippen LogP contribution in [-0.2, 0) is 0 Å². The third kappa shape index (κ3) is 0.495. The molecule has 2 spiro atoms. The molecule has 0 radical (unpaired) electrons. The van der Waals surface area contributed by atoms with E-state index in [4.69, 9.17) is 0 Å². The molecule has 3 saturated carbocycles. The van der Waals surface area contributed by atoms with Crippen molar-refractivity contribution in [3.05, 3.63) is 24.3 Å². The van der Waals surface area contributed by atoms with Gasteiger partial charge in [0.15, 0.2) is 0 Å². The maximum Gasteiger partial charge on any atom is -0.00776 e. The lowest BCUT2D eigenvalue weighted by atomic mass is 9.78. The molecular formula is C14H16. The Bertz CT molecular complexity index is 379. The first-order valence-corrected chi connectivity index (χ1v) is 6.24. The molecule has 4 atom stereocenters. The zero-order chi connectivity index (χ0) is 8.97. The largest absolute Gasteiger partial charge is 0.0842 e. The molecule has 14 heavy (non-hydrogen) atoms. The molecule has 0 nitrogen and oxygen atoms in total. The fraction of sp³-hybridized carbons (Fsp3) is 0.714. The Balaban J connectivity index is 1.72. The van der Waals surface area contributed by atoms with Crippen LogP contribution in [0, 0.1) is 34.5 Å². The summed E-state index contributed by atoms with van der Waals surface area (Å²) in [7, 11) is 0. The summed E-state index contributed by atoms with van der Waals surface area (Å²) in [5.74, 6) is 3.93. The summed E-state index contributed by atoms with van der Waals surface area (Å²) in [4.78, 5) is 0.